The van der Waals surface area contributed by atoms with Gasteiger partial charge >= 0.3 is 5.97 Å². The van der Waals surface area contributed by atoms with Gasteiger partial charge in [0.15, 0.2) is 0 Å². The molecule has 3 heteroatoms. The van der Waals surface area contributed by atoms with Crippen molar-refractivity contribution in [3.05, 3.63) is 35.9 Å². The molecule has 0 spiro atoms. The maximum absolute atomic E-state index is 11.3. The normalized spacial score (nSPS) is 16.5. The number of esters is 1. The van der Waals surface area contributed by atoms with Crippen LogP contribution < -0.4 is 0 Å². The lowest BCUT2D eigenvalue weighted by Gasteiger charge is -2.28. The van der Waals surface area contributed by atoms with Crippen molar-refractivity contribution in [1.82, 2.24) is 0 Å². The number of hydrogen-bond donors (Lipinski definition) is 1. The Morgan fingerprint density at radius 3 is 2.40 bits per heavy atom. The molecule has 0 aromatic heterocycles. The van der Waals surface area contributed by atoms with Crippen LogP contribution in [-0.4, -0.2) is 18.2 Å². The van der Waals surface area contributed by atoms with Gasteiger partial charge in [0.2, 0.25) is 0 Å². The fraction of sp³-hybridized carbons (Fsp3) is 0.417. The summed E-state index contributed by atoms with van der Waals surface area (Å²) in [6.45, 7) is 3.27. The summed E-state index contributed by atoms with van der Waals surface area (Å²) >= 11 is 0. The van der Waals surface area contributed by atoms with E-state index in [2.05, 4.69) is 4.74 Å². The fourth-order valence-corrected chi connectivity index (χ4v) is 1.43. The molecule has 1 N–H and O–H groups in total. The van der Waals surface area contributed by atoms with Gasteiger partial charge in [0.25, 0.3) is 0 Å². The number of carbonyl (C=O) groups is 1. The van der Waals surface area contributed by atoms with Crippen LogP contribution in [-0.2, 0) is 15.1 Å². The monoisotopic (exact) mass is 208 g/mol. The summed E-state index contributed by atoms with van der Waals surface area (Å²) in [6, 6.07) is 9.10. The Kier molecular flexibility index (Phi) is 3.48. The Labute approximate surface area is 89.7 Å². The van der Waals surface area contributed by atoms with E-state index < -0.39 is 17.5 Å². The first kappa shape index (κ1) is 11.7. The maximum Gasteiger partial charge on any atom is 0.311 e. The van der Waals surface area contributed by atoms with Crippen molar-refractivity contribution in [2.75, 3.05) is 7.11 Å². The zero-order valence-corrected chi connectivity index (χ0v) is 9.23. The Hall–Kier alpha value is -1.35. The molecule has 0 saturated heterocycles. The number of carbonyl (C=O) groups excluding carboxylic acids is 1. The predicted octanol–water partition coefficient (Wildman–Crippen LogP) is 1.70. The molecular weight excluding hydrogens is 192 g/mol. The van der Waals surface area contributed by atoms with Crippen molar-refractivity contribution in [3.8, 4) is 0 Å². The standard InChI is InChI=1S/C12H16O3/c1-9(11(13)15-3)12(2,14)10-7-5-4-6-8-10/h4-9,14H,1-3H3/t9-,12-/m1/s1. The molecule has 2 atom stereocenters. The molecule has 0 amide bonds. The fourth-order valence-electron chi connectivity index (χ4n) is 1.43. The molecule has 0 radical (unpaired) electrons. The molecule has 15 heavy (non-hydrogen) atoms. The zero-order chi connectivity index (χ0) is 11.5. The highest BCUT2D eigenvalue weighted by molar-refractivity contribution is 5.73. The van der Waals surface area contributed by atoms with Crippen LogP contribution >= 0.6 is 0 Å². The van der Waals surface area contributed by atoms with E-state index in [0.717, 1.165) is 0 Å². The van der Waals surface area contributed by atoms with Crippen LogP contribution in [0.25, 0.3) is 0 Å². The number of methoxy groups -OCH3 is 1. The zero-order valence-electron chi connectivity index (χ0n) is 9.23. The molecule has 1 rings (SSSR count). The first-order chi connectivity index (χ1) is 7.00. The number of aliphatic hydroxyl groups is 1. The van der Waals surface area contributed by atoms with E-state index in [9.17, 15) is 9.90 Å². The molecule has 3 nitrogen and oxygen atoms in total. The predicted molar refractivity (Wildman–Crippen MR) is 57.2 cm³/mol. The van der Waals surface area contributed by atoms with Crippen LogP contribution in [0.4, 0.5) is 0 Å². The molecule has 1 aromatic carbocycles. The molecule has 1 aromatic rings. The van der Waals surface area contributed by atoms with Crippen LogP contribution in [0.15, 0.2) is 30.3 Å². The van der Waals surface area contributed by atoms with Gasteiger partial charge in [-0.1, -0.05) is 30.3 Å². The second-order valence-electron chi connectivity index (χ2n) is 3.76. The second kappa shape index (κ2) is 4.45. The lowest BCUT2D eigenvalue weighted by molar-refractivity contribution is -0.154. The van der Waals surface area contributed by atoms with Gasteiger partial charge in [-0.15, -0.1) is 0 Å². The van der Waals surface area contributed by atoms with Crippen LogP contribution in [0.2, 0.25) is 0 Å². The molecule has 82 valence electrons. The highest BCUT2D eigenvalue weighted by Crippen LogP contribution is 2.29. The minimum absolute atomic E-state index is 0.413. The third kappa shape index (κ3) is 2.36. The van der Waals surface area contributed by atoms with Gasteiger partial charge in [0.1, 0.15) is 0 Å². The lowest BCUT2D eigenvalue weighted by atomic mass is 9.84. The number of hydrogen-bond acceptors (Lipinski definition) is 3. The van der Waals surface area contributed by atoms with E-state index in [1.165, 1.54) is 7.11 Å². The van der Waals surface area contributed by atoms with Gasteiger partial charge in [0, 0.05) is 0 Å². The highest BCUT2D eigenvalue weighted by atomic mass is 16.5. The summed E-state index contributed by atoms with van der Waals surface area (Å²) in [5, 5.41) is 10.3. The number of rotatable bonds is 3. The smallest absolute Gasteiger partial charge is 0.311 e. The maximum atomic E-state index is 11.3. The molecule has 0 unspecified atom stereocenters. The summed E-state index contributed by atoms with van der Waals surface area (Å²) < 4.78 is 4.62. The van der Waals surface area contributed by atoms with Crippen molar-refractivity contribution in [1.29, 1.82) is 0 Å². The van der Waals surface area contributed by atoms with Gasteiger partial charge in [-0.3, -0.25) is 4.79 Å². The molecule has 0 aliphatic rings. The van der Waals surface area contributed by atoms with Crippen molar-refractivity contribution in [3.63, 3.8) is 0 Å². The van der Waals surface area contributed by atoms with Gasteiger partial charge in [-0.05, 0) is 19.4 Å². The first-order valence-electron chi connectivity index (χ1n) is 4.86. The van der Waals surface area contributed by atoms with E-state index >= 15 is 0 Å². The van der Waals surface area contributed by atoms with Gasteiger partial charge in [-0.25, -0.2) is 0 Å². The molecule has 0 fully saturated rings. The number of ether oxygens (including phenoxy) is 1. The molecule has 0 heterocycles. The SMILES string of the molecule is COC(=O)[C@@H](C)[C@@](C)(O)c1ccccc1. The van der Waals surface area contributed by atoms with Gasteiger partial charge in [0.05, 0.1) is 18.6 Å². The Balaban J connectivity index is 2.97. The minimum Gasteiger partial charge on any atom is -0.469 e. The van der Waals surface area contributed by atoms with Crippen LogP contribution in [0, 0.1) is 5.92 Å². The van der Waals surface area contributed by atoms with E-state index in [1.807, 2.05) is 18.2 Å². The van der Waals surface area contributed by atoms with Crippen LogP contribution in [0.5, 0.6) is 0 Å². The largest absolute Gasteiger partial charge is 0.469 e. The summed E-state index contributed by atoms with van der Waals surface area (Å²) in [5.41, 5.74) is -0.489. The third-order valence-corrected chi connectivity index (χ3v) is 2.76. The van der Waals surface area contributed by atoms with E-state index in [4.69, 9.17) is 0 Å². The topological polar surface area (TPSA) is 46.5 Å². The van der Waals surface area contributed by atoms with Crippen LogP contribution in [0.3, 0.4) is 0 Å². The number of benzene rings is 1. The summed E-state index contributed by atoms with van der Waals surface area (Å²) in [6.07, 6.45) is 0. The van der Waals surface area contributed by atoms with Crippen molar-refractivity contribution in [2.24, 2.45) is 5.92 Å². The second-order valence-corrected chi connectivity index (χ2v) is 3.76. The minimum atomic E-state index is -1.20. The first-order valence-corrected chi connectivity index (χ1v) is 4.86. The lowest BCUT2D eigenvalue weighted by Crippen LogP contribution is -2.35. The Bertz CT molecular complexity index is 330. The quantitative estimate of drug-likeness (QED) is 0.769. The van der Waals surface area contributed by atoms with E-state index in [1.54, 1.807) is 26.0 Å². The Morgan fingerprint density at radius 1 is 1.40 bits per heavy atom. The molecule has 0 aliphatic heterocycles. The van der Waals surface area contributed by atoms with Crippen LogP contribution in [0.1, 0.15) is 19.4 Å². The molecule has 0 saturated carbocycles. The molecule has 0 aliphatic carbocycles. The highest BCUT2D eigenvalue weighted by Gasteiger charge is 2.35. The average molecular weight is 208 g/mol. The van der Waals surface area contributed by atoms with Crippen molar-refractivity contribution < 1.29 is 14.6 Å². The Morgan fingerprint density at radius 2 is 1.93 bits per heavy atom. The summed E-state index contributed by atoms with van der Waals surface area (Å²) in [7, 11) is 1.32. The van der Waals surface area contributed by atoms with Crippen molar-refractivity contribution >= 4 is 5.97 Å². The summed E-state index contributed by atoms with van der Waals surface area (Å²) in [4.78, 5) is 11.3. The average Bonchev–Trinajstić information content (AvgIpc) is 2.28. The molecular formula is C12H16O3. The van der Waals surface area contributed by atoms with Gasteiger partial charge in [-0.2, -0.15) is 0 Å². The summed E-state index contributed by atoms with van der Waals surface area (Å²) in [5.74, 6) is -1.01. The van der Waals surface area contributed by atoms with Crippen molar-refractivity contribution in [2.45, 2.75) is 19.4 Å². The van der Waals surface area contributed by atoms with E-state index in [0.29, 0.717) is 5.56 Å². The van der Waals surface area contributed by atoms with E-state index in [-0.39, 0.29) is 0 Å². The molecule has 0 bridgehead atoms. The van der Waals surface area contributed by atoms with Gasteiger partial charge < -0.3 is 9.84 Å². The third-order valence-electron chi connectivity index (χ3n) is 2.76.